The molecule has 1 unspecified atom stereocenters. The fourth-order valence-corrected chi connectivity index (χ4v) is 2.49. The Morgan fingerprint density at radius 2 is 1.90 bits per heavy atom. The number of aliphatic hydroxyl groups is 1. The summed E-state index contributed by atoms with van der Waals surface area (Å²) < 4.78 is 10.4. The fourth-order valence-electron chi connectivity index (χ4n) is 2.49. The maximum absolute atomic E-state index is 10.7. The molecule has 0 bridgehead atoms. The quantitative estimate of drug-likeness (QED) is 0.196. The number of hydrogen-bond donors (Lipinski definition) is 3. The molecule has 1 aromatic heterocycles. The summed E-state index contributed by atoms with van der Waals surface area (Å²) in [5.74, 6) is 1.20. The molecule has 7 nitrogen and oxygen atoms in total. The van der Waals surface area contributed by atoms with E-state index in [-0.39, 0.29) is 24.0 Å². The van der Waals surface area contributed by atoms with Gasteiger partial charge in [-0.15, -0.1) is 24.0 Å². The van der Waals surface area contributed by atoms with E-state index in [0.29, 0.717) is 38.1 Å². The first-order valence-corrected chi connectivity index (χ1v) is 9.42. The predicted octanol–water partition coefficient (Wildman–Crippen LogP) is 2.69. The van der Waals surface area contributed by atoms with Gasteiger partial charge in [0.15, 0.2) is 5.96 Å². The van der Waals surface area contributed by atoms with Gasteiger partial charge in [-0.3, -0.25) is 0 Å². The molecule has 0 aliphatic rings. The third kappa shape index (κ3) is 8.97. The Morgan fingerprint density at radius 1 is 1.14 bits per heavy atom. The Labute approximate surface area is 190 Å². The predicted molar refractivity (Wildman–Crippen MR) is 126 cm³/mol. The van der Waals surface area contributed by atoms with Crippen molar-refractivity contribution in [3.8, 4) is 5.88 Å². The van der Waals surface area contributed by atoms with Crippen molar-refractivity contribution in [2.24, 2.45) is 4.99 Å². The van der Waals surface area contributed by atoms with Crippen molar-refractivity contribution >= 4 is 29.9 Å². The standard InChI is InChI=1S/C21H30N4O3.HI/c1-4-22-20(25-16-21(2,26)18-8-6-5-7-9-18)24-15-17-10-11-19(23-14-17)28-13-12-27-3;/h5-11,14,26H,4,12-13,15-16H2,1-3H3,(H2,22,24,25);1H. The number of methoxy groups -OCH3 is 1. The molecule has 8 heteroatoms. The summed E-state index contributed by atoms with van der Waals surface area (Å²) in [4.78, 5) is 8.84. The molecule has 3 N–H and O–H groups in total. The third-order valence-electron chi connectivity index (χ3n) is 4.09. The van der Waals surface area contributed by atoms with Gasteiger partial charge in [-0.1, -0.05) is 36.4 Å². The van der Waals surface area contributed by atoms with Crippen LogP contribution in [0.25, 0.3) is 0 Å². The van der Waals surface area contributed by atoms with Crippen LogP contribution < -0.4 is 15.4 Å². The summed E-state index contributed by atoms with van der Waals surface area (Å²) in [5.41, 5.74) is 0.818. The summed E-state index contributed by atoms with van der Waals surface area (Å²) in [6, 6.07) is 13.3. The van der Waals surface area contributed by atoms with Gasteiger partial charge in [0.2, 0.25) is 5.88 Å². The topological polar surface area (TPSA) is 88.0 Å². The summed E-state index contributed by atoms with van der Waals surface area (Å²) in [6.07, 6.45) is 1.75. The van der Waals surface area contributed by atoms with E-state index in [1.807, 2.05) is 49.4 Å². The Kier molecular flexibility index (Phi) is 11.6. The van der Waals surface area contributed by atoms with Crippen molar-refractivity contribution in [2.75, 3.05) is 33.4 Å². The zero-order valence-corrected chi connectivity index (χ0v) is 19.6. The van der Waals surface area contributed by atoms with Crippen LogP contribution >= 0.6 is 24.0 Å². The van der Waals surface area contributed by atoms with Gasteiger partial charge in [0.05, 0.1) is 19.7 Å². The van der Waals surface area contributed by atoms with Gasteiger partial charge in [-0.05, 0) is 25.0 Å². The molecule has 0 radical (unpaired) electrons. The SMILES string of the molecule is CCNC(=NCc1ccc(OCCOC)nc1)NCC(C)(O)c1ccccc1.I. The summed E-state index contributed by atoms with van der Waals surface area (Å²) >= 11 is 0. The van der Waals surface area contributed by atoms with Crippen LogP contribution in [0, 0.1) is 0 Å². The molecule has 0 aliphatic heterocycles. The molecule has 0 spiro atoms. The van der Waals surface area contributed by atoms with Crippen molar-refractivity contribution in [1.29, 1.82) is 0 Å². The summed E-state index contributed by atoms with van der Waals surface area (Å²) in [7, 11) is 1.63. The van der Waals surface area contributed by atoms with Crippen LogP contribution in [0.4, 0.5) is 0 Å². The van der Waals surface area contributed by atoms with Crippen LogP contribution in [0.1, 0.15) is 25.0 Å². The smallest absolute Gasteiger partial charge is 0.213 e. The minimum absolute atomic E-state index is 0. The Balaban J connectivity index is 0.00000420. The van der Waals surface area contributed by atoms with Crippen molar-refractivity contribution in [3.05, 3.63) is 59.8 Å². The lowest BCUT2D eigenvalue weighted by Crippen LogP contribution is -2.44. The van der Waals surface area contributed by atoms with Crippen LogP contribution in [0.15, 0.2) is 53.7 Å². The number of guanidine groups is 1. The minimum atomic E-state index is -1.000. The number of nitrogens with one attached hydrogen (secondary N) is 2. The van der Waals surface area contributed by atoms with E-state index in [1.165, 1.54) is 0 Å². The second kappa shape index (κ2) is 13.3. The first-order valence-electron chi connectivity index (χ1n) is 9.42. The van der Waals surface area contributed by atoms with Crippen LogP contribution in [-0.4, -0.2) is 49.5 Å². The van der Waals surface area contributed by atoms with E-state index in [4.69, 9.17) is 9.47 Å². The highest BCUT2D eigenvalue weighted by atomic mass is 127. The van der Waals surface area contributed by atoms with Gasteiger partial charge >= 0.3 is 0 Å². The number of hydrogen-bond acceptors (Lipinski definition) is 5. The first-order chi connectivity index (χ1) is 13.5. The number of benzene rings is 1. The minimum Gasteiger partial charge on any atom is -0.475 e. The molecule has 0 amide bonds. The van der Waals surface area contributed by atoms with Crippen molar-refractivity contribution in [2.45, 2.75) is 26.0 Å². The number of aromatic nitrogens is 1. The average Bonchev–Trinajstić information content (AvgIpc) is 2.72. The lowest BCUT2D eigenvalue weighted by atomic mass is 9.96. The highest BCUT2D eigenvalue weighted by molar-refractivity contribution is 14.0. The molecule has 160 valence electrons. The van der Waals surface area contributed by atoms with E-state index >= 15 is 0 Å². The molecule has 1 aromatic carbocycles. The fraction of sp³-hybridized carbons (Fsp3) is 0.429. The molecular formula is C21H31IN4O3. The van der Waals surface area contributed by atoms with Crippen LogP contribution in [-0.2, 0) is 16.9 Å². The van der Waals surface area contributed by atoms with Crippen LogP contribution in [0.5, 0.6) is 5.88 Å². The largest absolute Gasteiger partial charge is 0.475 e. The lowest BCUT2D eigenvalue weighted by molar-refractivity contribution is 0.0617. The highest BCUT2D eigenvalue weighted by Gasteiger charge is 2.22. The molecule has 29 heavy (non-hydrogen) atoms. The van der Waals surface area contributed by atoms with E-state index in [1.54, 1.807) is 20.2 Å². The van der Waals surface area contributed by atoms with Gasteiger partial charge in [0.25, 0.3) is 0 Å². The number of pyridine rings is 1. The molecule has 0 saturated heterocycles. The number of ether oxygens (including phenoxy) is 2. The lowest BCUT2D eigenvalue weighted by Gasteiger charge is -2.25. The molecule has 1 atom stereocenters. The molecule has 0 saturated carbocycles. The number of aliphatic imine (C=N–C) groups is 1. The molecule has 1 heterocycles. The highest BCUT2D eigenvalue weighted by Crippen LogP contribution is 2.18. The van der Waals surface area contributed by atoms with Gasteiger partial charge < -0.3 is 25.2 Å². The van der Waals surface area contributed by atoms with Crippen molar-refractivity contribution < 1.29 is 14.6 Å². The Morgan fingerprint density at radius 3 is 2.52 bits per heavy atom. The van der Waals surface area contributed by atoms with Crippen molar-refractivity contribution in [1.82, 2.24) is 15.6 Å². The second-order valence-electron chi connectivity index (χ2n) is 6.53. The van der Waals surface area contributed by atoms with Crippen LogP contribution in [0.2, 0.25) is 0 Å². The average molecular weight is 514 g/mol. The Bertz CT molecular complexity index is 724. The summed E-state index contributed by atoms with van der Waals surface area (Å²) in [6.45, 7) is 6.31. The zero-order valence-electron chi connectivity index (χ0n) is 17.2. The molecule has 2 rings (SSSR count). The molecule has 2 aromatic rings. The monoisotopic (exact) mass is 514 g/mol. The Hall–Kier alpha value is -1.91. The first kappa shape index (κ1) is 25.1. The van der Waals surface area contributed by atoms with E-state index in [2.05, 4.69) is 20.6 Å². The second-order valence-corrected chi connectivity index (χ2v) is 6.53. The van der Waals surface area contributed by atoms with Crippen molar-refractivity contribution in [3.63, 3.8) is 0 Å². The van der Waals surface area contributed by atoms with Gasteiger partial charge in [0.1, 0.15) is 12.2 Å². The number of rotatable bonds is 10. The number of nitrogens with zero attached hydrogens (tertiary/aromatic N) is 2. The molecule has 0 fully saturated rings. The third-order valence-corrected chi connectivity index (χ3v) is 4.09. The van der Waals surface area contributed by atoms with E-state index in [9.17, 15) is 5.11 Å². The van der Waals surface area contributed by atoms with Gasteiger partial charge in [-0.25, -0.2) is 9.98 Å². The van der Waals surface area contributed by atoms with Crippen LogP contribution in [0.3, 0.4) is 0 Å². The van der Waals surface area contributed by atoms with Gasteiger partial charge in [-0.2, -0.15) is 0 Å². The normalized spacial score (nSPS) is 13.2. The zero-order chi connectivity index (χ0) is 20.2. The van der Waals surface area contributed by atoms with E-state index < -0.39 is 5.60 Å². The maximum atomic E-state index is 10.7. The summed E-state index contributed by atoms with van der Waals surface area (Å²) in [5, 5.41) is 17.1. The van der Waals surface area contributed by atoms with Gasteiger partial charge in [0, 0.05) is 25.9 Å². The van der Waals surface area contributed by atoms with E-state index in [0.717, 1.165) is 17.7 Å². The maximum Gasteiger partial charge on any atom is 0.213 e. The number of halogens is 1. The molecule has 0 aliphatic carbocycles. The molecular weight excluding hydrogens is 483 g/mol.